The lowest BCUT2D eigenvalue weighted by Crippen LogP contribution is -2.33. The molecule has 0 spiro atoms. The van der Waals surface area contributed by atoms with Crippen molar-refractivity contribution in [3.63, 3.8) is 0 Å². The summed E-state index contributed by atoms with van der Waals surface area (Å²) in [7, 11) is 0. The van der Waals surface area contributed by atoms with Crippen molar-refractivity contribution in [2.45, 2.75) is 51.1 Å². The second kappa shape index (κ2) is 3.67. The molecule has 2 rings (SSSR count). The summed E-state index contributed by atoms with van der Waals surface area (Å²) in [4.78, 5) is 2.65. The van der Waals surface area contributed by atoms with Gasteiger partial charge in [-0.15, -0.1) is 0 Å². The van der Waals surface area contributed by atoms with Gasteiger partial charge in [0.2, 0.25) is 0 Å². The first-order valence-corrected chi connectivity index (χ1v) is 5.49. The molecule has 2 fully saturated rings. The van der Waals surface area contributed by atoms with Crippen molar-refractivity contribution in [3.8, 4) is 6.07 Å². The van der Waals surface area contributed by atoms with Crippen molar-refractivity contribution in [1.29, 1.82) is 5.26 Å². The molecule has 1 saturated carbocycles. The van der Waals surface area contributed by atoms with Crippen LogP contribution in [0.15, 0.2) is 0 Å². The molecule has 0 aromatic heterocycles. The highest BCUT2D eigenvalue weighted by molar-refractivity contribution is 4.97. The lowest BCUT2D eigenvalue weighted by Gasteiger charge is -2.25. The summed E-state index contributed by atoms with van der Waals surface area (Å²) in [5.74, 6) is 0.663. The molecule has 0 aromatic rings. The van der Waals surface area contributed by atoms with Crippen LogP contribution >= 0.6 is 0 Å². The molecule has 0 amide bonds. The molecular formula is C11H18N2. The molecule has 1 saturated heterocycles. The van der Waals surface area contributed by atoms with Gasteiger partial charge >= 0.3 is 0 Å². The minimum absolute atomic E-state index is 0.663. The molecular weight excluding hydrogens is 160 g/mol. The number of hydrogen-bond donors (Lipinski definition) is 0. The maximum Gasteiger partial charge on any atom is 0.0625 e. The first kappa shape index (κ1) is 9.02. The van der Waals surface area contributed by atoms with E-state index < -0.39 is 0 Å². The van der Waals surface area contributed by atoms with Gasteiger partial charge in [-0.1, -0.05) is 6.92 Å². The number of likely N-dealkylation sites (tertiary alicyclic amines) is 1. The van der Waals surface area contributed by atoms with E-state index in [0.717, 1.165) is 12.5 Å². The van der Waals surface area contributed by atoms with Crippen LogP contribution in [0.2, 0.25) is 0 Å². The fourth-order valence-corrected chi connectivity index (χ4v) is 2.73. The zero-order valence-corrected chi connectivity index (χ0v) is 8.37. The van der Waals surface area contributed by atoms with Crippen molar-refractivity contribution in [2.75, 3.05) is 6.54 Å². The smallest absolute Gasteiger partial charge is 0.0625 e. The predicted molar refractivity (Wildman–Crippen MR) is 52.1 cm³/mol. The Hall–Kier alpha value is -0.550. The monoisotopic (exact) mass is 178 g/mol. The summed E-state index contributed by atoms with van der Waals surface area (Å²) in [5, 5.41) is 8.71. The quantitative estimate of drug-likeness (QED) is 0.662. The van der Waals surface area contributed by atoms with E-state index in [1.165, 1.54) is 32.2 Å². The maximum atomic E-state index is 8.71. The zero-order valence-electron chi connectivity index (χ0n) is 8.37. The average Bonchev–Trinajstić information content (AvgIpc) is 2.89. The largest absolute Gasteiger partial charge is 0.297 e. The lowest BCUT2D eigenvalue weighted by atomic mass is 9.95. The second-order valence-electron chi connectivity index (χ2n) is 4.36. The Balaban J connectivity index is 1.96. The molecule has 2 atom stereocenters. The summed E-state index contributed by atoms with van der Waals surface area (Å²) in [6.45, 7) is 3.51. The van der Waals surface area contributed by atoms with Gasteiger partial charge in [0.1, 0.15) is 0 Å². The average molecular weight is 178 g/mol. The molecule has 1 aliphatic carbocycles. The Morgan fingerprint density at radius 1 is 1.38 bits per heavy atom. The van der Waals surface area contributed by atoms with Crippen LogP contribution in [-0.2, 0) is 0 Å². The van der Waals surface area contributed by atoms with E-state index in [1.54, 1.807) is 0 Å². The SMILES string of the molecule is CCC1C(CC#N)CCN1C1CC1. The van der Waals surface area contributed by atoms with E-state index >= 15 is 0 Å². The summed E-state index contributed by atoms with van der Waals surface area (Å²) in [6, 6.07) is 3.93. The van der Waals surface area contributed by atoms with Gasteiger partial charge < -0.3 is 0 Å². The van der Waals surface area contributed by atoms with E-state index in [2.05, 4.69) is 17.9 Å². The van der Waals surface area contributed by atoms with Crippen LogP contribution in [0.1, 0.15) is 39.0 Å². The third kappa shape index (κ3) is 1.71. The highest BCUT2D eigenvalue weighted by atomic mass is 15.2. The van der Waals surface area contributed by atoms with Crippen LogP contribution in [0.4, 0.5) is 0 Å². The minimum atomic E-state index is 0.663. The molecule has 13 heavy (non-hydrogen) atoms. The fourth-order valence-electron chi connectivity index (χ4n) is 2.73. The first-order chi connectivity index (χ1) is 6.36. The Kier molecular flexibility index (Phi) is 2.55. The number of nitriles is 1. The highest BCUT2D eigenvalue weighted by Crippen LogP contribution is 2.38. The van der Waals surface area contributed by atoms with Crippen molar-refractivity contribution < 1.29 is 0 Å². The molecule has 1 aliphatic heterocycles. The maximum absolute atomic E-state index is 8.71. The Labute approximate surface area is 80.5 Å². The lowest BCUT2D eigenvalue weighted by molar-refractivity contribution is 0.211. The summed E-state index contributed by atoms with van der Waals surface area (Å²) < 4.78 is 0. The predicted octanol–water partition coefficient (Wildman–Crippen LogP) is 2.16. The van der Waals surface area contributed by atoms with Crippen LogP contribution in [-0.4, -0.2) is 23.5 Å². The summed E-state index contributed by atoms with van der Waals surface area (Å²) >= 11 is 0. The molecule has 0 radical (unpaired) electrons. The van der Waals surface area contributed by atoms with Crippen LogP contribution in [0.3, 0.4) is 0 Å². The summed E-state index contributed by atoms with van der Waals surface area (Å²) in [5.41, 5.74) is 0. The topological polar surface area (TPSA) is 27.0 Å². The normalized spacial score (nSPS) is 34.8. The highest BCUT2D eigenvalue weighted by Gasteiger charge is 2.40. The van der Waals surface area contributed by atoms with Gasteiger partial charge in [0.25, 0.3) is 0 Å². The first-order valence-electron chi connectivity index (χ1n) is 5.49. The van der Waals surface area contributed by atoms with Gasteiger partial charge in [-0.25, -0.2) is 0 Å². The second-order valence-corrected chi connectivity index (χ2v) is 4.36. The number of nitrogens with zero attached hydrogens (tertiary/aromatic N) is 2. The Morgan fingerprint density at radius 3 is 2.69 bits per heavy atom. The standard InChI is InChI=1S/C11H18N2/c1-2-11-9(5-7-12)6-8-13(11)10-3-4-10/h9-11H,2-6,8H2,1H3. The molecule has 1 heterocycles. The van der Waals surface area contributed by atoms with Crippen LogP contribution in [0.5, 0.6) is 0 Å². The van der Waals surface area contributed by atoms with E-state index in [0.29, 0.717) is 12.0 Å². The third-order valence-corrected chi connectivity index (χ3v) is 3.52. The third-order valence-electron chi connectivity index (χ3n) is 3.52. The van der Waals surface area contributed by atoms with Crippen molar-refractivity contribution in [1.82, 2.24) is 4.90 Å². The van der Waals surface area contributed by atoms with Crippen LogP contribution < -0.4 is 0 Å². The minimum Gasteiger partial charge on any atom is -0.297 e. The molecule has 2 unspecified atom stereocenters. The van der Waals surface area contributed by atoms with E-state index in [1.807, 2.05) is 0 Å². The molecule has 72 valence electrons. The van der Waals surface area contributed by atoms with Gasteiger partial charge in [0, 0.05) is 18.5 Å². The van der Waals surface area contributed by atoms with Crippen LogP contribution in [0, 0.1) is 17.2 Å². The van der Waals surface area contributed by atoms with Gasteiger partial charge in [-0.3, -0.25) is 4.90 Å². The van der Waals surface area contributed by atoms with E-state index in [-0.39, 0.29) is 0 Å². The fraction of sp³-hybridized carbons (Fsp3) is 0.909. The number of hydrogen-bond acceptors (Lipinski definition) is 2. The van der Waals surface area contributed by atoms with Gasteiger partial charge in [-0.05, 0) is 38.1 Å². The molecule has 0 aromatic carbocycles. The summed E-state index contributed by atoms with van der Waals surface area (Å²) in [6.07, 6.45) is 6.04. The van der Waals surface area contributed by atoms with Crippen molar-refractivity contribution in [2.24, 2.45) is 5.92 Å². The van der Waals surface area contributed by atoms with E-state index in [4.69, 9.17) is 5.26 Å². The van der Waals surface area contributed by atoms with Crippen molar-refractivity contribution >= 4 is 0 Å². The van der Waals surface area contributed by atoms with Gasteiger partial charge in [0.05, 0.1) is 6.07 Å². The van der Waals surface area contributed by atoms with Gasteiger partial charge in [-0.2, -0.15) is 5.26 Å². The van der Waals surface area contributed by atoms with Crippen molar-refractivity contribution in [3.05, 3.63) is 0 Å². The number of rotatable bonds is 3. The van der Waals surface area contributed by atoms with Gasteiger partial charge in [0.15, 0.2) is 0 Å². The molecule has 0 N–H and O–H groups in total. The van der Waals surface area contributed by atoms with Crippen LogP contribution in [0.25, 0.3) is 0 Å². The molecule has 2 nitrogen and oxygen atoms in total. The molecule has 2 heteroatoms. The Bertz CT molecular complexity index is 215. The van der Waals surface area contributed by atoms with E-state index in [9.17, 15) is 0 Å². The Morgan fingerprint density at radius 2 is 2.15 bits per heavy atom. The zero-order chi connectivity index (χ0) is 9.26. The molecule has 2 aliphatic rings. The molecule has 0 bridgehead atoms.